The van der Waals surface area contributed by atoms with E-state index in [1.807, 2.05) is 0 Å². The Morgan fingerprint density at radius 2 is 1.87 bits per heavy atom. The molecule has 0 radical (unpaired) electrons. The number of hydrogen-bond donors (Lipinski definition) is 1. The average molecular weight is 230 g/mol. The van der Waals surface area contributed by atoms with Crippen LogP contribution in [0.4, 0.5) is 0 Å². The highest BCUT2D eigenvalue weighted by molar-refractivity contribution is 7.11. The molecule has 0 aliphatic rings. The zero-order valence-electron chi connectivity index (χ0n) is 9.40. The van der Waals surface area contributed by atoms with Crippen LogP contribution in [0.15, 0.2) is 12.1 Å². The minimum absolute atomic E-state index is 0.544. The summed E-state index contributed by atoms with van der Waals surface area (Å²) in [6, 6.07) is 4.15. The molecule has 1 unspecified atom stereocenters. The minimum Gasteiger partial charge on any atom is -0.387 e. The number of ether oxygens (including phenoxy) is 2. The van der Waals surface area contributed by atoms with Crippen LogP contribution in [0.1, 0.15) is 16.7 Å². The Morgan fingerprint density at radius 3 is 2.33 bits per heavy atom. The average Bonchev–Trinajstić information content (AvgIpc) is 2.67. The normalized spacial score (nSPS) is 13.4. The molecule has 0 saturated heterocycles. The lowest BCUT2D eigenvalue weighted by atomic mass is 10.2. The molecule has 1 aromatic rings. The molecular weight excluding hydrogens is 212 g/mol. The summed E-state index contributed by atoms with van der Waals surface area (Å²) in [4.78, 5) is 2.50. The van der Waals surface area contributed by atoms with E-state index in [0.717, 1.165) is 6.42 Å². The Balaban J connectivity index is 2.53. The second-order valence-electron chi connectivity index (χ2n) is 3.33. The number of thiophene rings is 1. The van der Waals surface area contributed by atoms with E-state index in [1.54, 1.807) is 11.3 Å². The molecule has 1 aromatic heterocycles. The fourth-order valence-corrected chi connectivity index (χ4v) is 2.44. The van der Waals surface area contributed by atoms with Gasteiger partial charge in [0.05, 0.1) is 0 Å². The molecule has 1 atom stereocenters. The Bertz CT molecular complexity index is 281. The molecule has 1 heterocycles. The monoisotopic (exact) mass is 230 g/mol. The van der Waals surface area contributed by atoms with E-state index < -0.39 is 12.4 Å². The van der Waals surface area contributed by atoms with Crippen LogP contribution in [-0.4, -0.2) is 31.7 Å². The van der Waals surface area contributed by atoms with Gasteiger partial charge >= 0.3 is 0 Å². The highest BCUT2D eigenvalue weighted by Gasteiger charge is 2.18. The Morgan fingerprint density at radius 1 is 1.27 bits per heavy atom. The highest BCUT2D eigenvalue weighted by atomic mass is 32.1. The first kappa shape index (κ1) is 12.6. The van der Waals surface area contributed by atoms with Gasteiger partial charge in [0.25, 0.3) is 0 Å². The number of aryl methyl sites for hydroxylation is 1. The third-order valence-corrected chi connectivity index (χ3v) is 3.51. The highest BCUT2D eigenvalue weighted by Crippen LogP contribution is 2.19. The molecule has 1 N–H and O–H groups in total. The quantitative estimate of drug-likeness (QED) is 0.758. The largest absolute Gasteiger partial charge is 0.387 e. The van der Waals surface area contributed by atoms with Gasteiger partial charge in [0.2, 0.25) is 0 Å². The summed E-state index contributed by atoms with van der Waals surface area (Å²) in [5.41, 5.74) is 0. The zero-order chi connectivity index (χ0) is 11.3. The van der Waals surface area contributed by atoms with Crippen molar-refractivity contribution in [3.05, 3.63) is 21.9 Å². The molecule has 0 fully saturated rings. The maximum absolute atomic E-state index is 9.80. The maximum Gasteiger partial charge on any atom is 0.183 e. The van der Waals surface area contributed by atoms with Crippen molar-refractivity contribution in [1.82, 2.24) is 0 Å². The smallest absolute Gasteiger partial charge is 0.183 e. The molecule has 86 valence electrons. The Hall–Kier alpha value is -0.420. The predicted molar refractivity (Wildman–Crippen MR) is 61.2 cm³/mol. The van der Waals surface area contributed by atoms with Crippen LogP contribution < -0.4 is 0 Å². The molecule has 0 aromatic carbocycles. The van der Waals surface area contributed by atoms with Crippen LogP contribution in [-0.2, 0) is 22.3 Å². The van der Waals surface area contributed by atoms with Crippen LogP contribution in [0.5, 0.6) is 0 Å². The summed E-state index contributed by atoms with van der Waals surface area (Å²) in [6.45, 7) is 2.12. The number of methoxy groups -OCH3 is 2. The van der Waals surface area contributed by atoms with Crippen LogP contribution in [0.3, 0.4) is 0 Å². The number of aliphatic hydroxyl groups is 1. The molecule has 0 aliphatic carbocycles. The van der Waals surface area contributed by atoms with Crippen molar-refractivity contribution in [2.45, 2.75) is 32.2 Å². The standard InChI is InChI=1S/C11H18O3S/c1-4-8-5-6-9(15-8)7-10(12)11(13-2)14-3/h5-6,10-12H,4,7H2,1-3H3. The van der Waals surface area contributed by atoms with Crippen molar-refractivity contribution in [3.8, 4) is 0 Å². The van der Waals surface area contributed by atoms with Crippen LogP contribution >= 0.6 is 11.3 Å². The van der Waals surface area contributed by atoms with E-state index in [4.69, 9.17) is 9.47 Å². The first-order chi connectivity index (χ1) is 7.21. The van der Waals surface area contributed by atoms with E-state index in [0.29, 0.717) is 6.42 Å². The molecule has 3 nitrogen and oxygen atoms in total. The zero-order valence-corrected chi connectivity index (χ0v) is 10.2. The summed E-state index contributed by atoms with van der Waals surface area (Å²) < 4.78 is 10.00. The first-order valence-corrected chi connectivity index (χ1v) is 5.84. The van der Waals surface area contributed by atoms with Gasteiger partial charge in [0.1, 0.15) is 6.10 Å². The predicted octanol–water partition coefficient (Wildman–Crippen LogP) is 1.83. The molecule has 0 bridgehead atoms. The molecule has 0 aliphatic heterocycles. The van der Waals surface area contributed by atoms with Gasteiger partial charge in [0.15, 0.2) is 6.29 Å². The lowest BCUT2D eigenvalue weighted by Crippen LogP contribution is -2.31. The first-order valence-electron chi connectivity index (χ1n) is 5.02. The van der Waals surface area contributed by atoms with Crippen LogP contribution in [0.25, 0.3) is 0 Å². The fraction of sp³-hybridized carbons (Fsp3) is 0.636. The van der Waals surface area contributed by atoms with E-state index >= 15 is 0 Å². The summed E-state index contributed by atoms with van der Waals surface area (Å²) in [6.07, 6.45) is 0.469. The molecule has 4 heteroatoms. The van der Waals surface area contributed by atoms with E-state index in [2.05, 4.69) is 19.1 Å². The van der Waals surface area contributed by atoms with Crippen molar-refractivity contribution in [1.29, 1.82) is 0 Å². The van der Waals surface area contributed by atoms with Gasteiger partial charge in [-0.05, 0) is 18.6 Å². The Kier molecular flexibility index (Phi) is 5.25. The van der Waals surface area contributed by atoms with Crippen molar-refractivity contribution < 1.29 is 14.6 Å². The van der Waals surface area contributed by atoms with Crippen molar-refractivity contribution in [3.63, 3.8) is 0 Å². The minimum atomic E-state index is -0.608. The summed E-state index contributed by atoms with van der Waals surface area (Å²) in [5.74, 6) is 0. The third kappa shape index (κ3) is 3.57. The lowest BCUT2D eigenvalue weighted by molar-refractivity contribution is -0.163. The van der Waals surface area contributed by atoms with Gasteiger partial charge in [-0.15, -0.1) is 11.3 Å². The summed E-state index contributed by atoms with van der Waals surface area (Å²) in [5, 5.41) is 9.80. The summed E-state index contributed by atoms with van der Waals surface area (Å²) in [7, 11) is 3.06. The van der Waals surface area contributed by atoms with E-state index in [1.165, 1.54) is 24.0 Å². The molecule has 0 amide bonds. The molecule has 0 spiro atoms. The fourth-order valence-electron chi connectivity index (χ4n) is 1.43. The van der Waals surface area contributed by atoms with Crippen molar-refractivity contribution in [2.24, 2.45) is 0 Å². The SMILES string of the molecule is CCc1ccc(CC(O)C(OC)OC)s1. The van der Waals surface area contributed by atoms with E-state index in [-0.39, 0.29) is 0 Å². The van der Waals surface area contributed by atoms with Crippen LogP contribution in [0.2, 0.25) is 0 Å². The van der Waals surface area contributed by atoms with Crippen LogP contribution in [0, 0.1) is 0 Å². The molecule has 1 rings (SSSR count). The lowest BCUT2D eigenvalue weighted by Gasteiger charge is -2.19. The maximum atomic E-state index is 9.80. The van der Waals surface area contributed by atoms with Gasteiger partial charge in [0, 0.05) is 30.4 Å². The Labute approximate surface area is 94.6 Å². The third-order valence-electron chi connectivity index (χ3n) is 2.25. The molecule has 15 heavy (non-hydrogen) atoms. The van der Waals surface area contributed by atoms with Crippen molar-refractivity contribution >= 4 is 11.3 Å². The van der Waals surface area contributed by atoms with Gasteiger partial charge in [-0.25, -0.2) is 0 Å². The van der Waals surface area contributed by atoms with E-state index in [9.17, 15) is 5.11 Å². The van der Waals surface area contributed by atoms with Gasteiger partial charge in [-0.3, -0.25) is 0 Å². The van der Waals surface area contributed by atoms with Gasteiger partial charge in [-0.2, -0.15) is 0 Å². The molecule has 0 saturated carbocycles. The van der Waals surface area contributed by atoms with Crippen molar-refractivity contribution in [2.75, 3.05) is 14.2 Å². The topological polar surface area (TPSA) is 38.7 Å². The number of hydrogen-bond acceptors (Lipinski definition) is 4. The summed E-state index contributed by atoms with van der Waals surface area (Å²) >= 11 is 1.73. The number of aliphatic hydroxyl groups excluding tert-OH is 1. The number of rotatable bonds is 6. The van der Waals surface area contributed by atoms with Gasteiger partial charge in [-0.1, -0.05) is 6.92 Å². The second-order valence-corrected chi connectivity index (χ2v) is 4.59. The molecular formula is C11H18O3S. The van der Waals surface area contributed by atoms with Gasteiger partial charge < -0.3 is 14.6 Å². The second kappa shape index (κ2) is 6.23.